The van der Waals surface area contributed by atoms with Crippen LogP contribution in [0.3, 0.4) is 0 Å². The molecule has 0 amide bonds. The molecule has 2 N–H and O–H groups in total. The van der Waals surface area contributed by atoms with Gasteiger partial charge in [-0.2, -0.15) is 0 Å². The van der Waals surface area contributed by atoms with Crippen LogP contribution < -0.4 is 10.5 Å². The molecule has 2 rings (SSSR count). The average molecular weight is 341 g/mol. The molecular formula is C15H15BrClNO. The summed E-state index contributed by atoms with van der Waals surface area (Å²) in [5, 5.41) is 0.710. The molecule has 4 heteroatoms. The van der Waals surface area contributed by atoms with Gasteiger partial charge >= 0.3 is 0 Å². The summed E-state index contributed by atoms with van der Waals surface area (Å²) in [5.41, 5.74) is 7.74. The number of halogens is 2. The molecule has 100 valence electrons. The van der Waals surface area contributed by atoms with Crippen molar-refractivity contribution >= 4 is 27.5 Å². The first kappa shape index (κ1) is 14.4. The van der Waals surface area contributed by atoms with Gasteiger partial charge in [0.2, 0.25) is 0 Å². The van der Waals surface area contributed by atoms with Crippen LogP contribution in [0.1, 0.15) is 11.1 Å². The zero-order valence-corrected chi connectivity index (χ0v) is 13.0. The molecule has 0 aliphatic rings. The van der Waals surface area contributed by atoms with Crippen LogP contribution in [0.5, 0.6) is 11.5 Å². The fourth-order valence-corrected chi connectivity index (χ4v) is 2.53. The highest BCUT2D eigenvalue weighted by Gasteiger charge is 2.06. The summed E-state index contributed by atoms with van der Waals surface area (Å²) >= 11 is 9.45. The van der Waals surface area contributed by atoms with E-state index in [9.17, 15) is 0 Å². The maximum absolute atomic E-state index is 5.93. The normalized spacial score (nSPS) is 10.5. The van der Waals surface area contributed by atoms with Crippen molar-refractivity contribution in [3.8, 4) is 11.5 Å². The molecule has 0 aliphatic carbocycles. The largest absolute Gasteiger partial charge is 0.456 e. The Labute approximate surface area is 126 Å². The molecule has 0 heterocycles. The predicted molar refractivity (Wildman–Crippen MR) is 83.2 cm³/mol. The fourth-order valence-electron chi connectivity index (χ4n) is 1.80. The first-order valence-corrected chi connectivity index (χ1v) is 7.20. The van der Waals surface area contributed by atoms with Crippen molar-refractivity contribution in [2.45, 2.75) is 13.3 Å². The molecule has 0 spiro atoms. The third-order valence-corrected chi connectivity index (χ3v) is 3.64. The van der Waals surface area contributed by atoms with Crippen molar-refractivity contribution in [3.63, 3.8) is 0 Å². The van der Waals surface area contributed by atoms with Gasteiger partial charge in [0.15, 0.2) is 0 Å². The summed E-state index contributed by atoms with van der Waals surface area (Å²) in [5.74, 6) is 1.59. The quantitative estimate of drug-likeness (QED) is 0.875. The van der Waals surface area contributed by atoms with Gasteiger partial charge in [0.25, 0.3) is 0 Å². The summed E-state index contributed by atoms with van der Waals surface area (Å²) in [4.78, 5) is 0. The first-order valence-electron chi connectivity index (χ1n) is 6.02. The Bertz CT molecular complexity index is 586. The molecule has 0 saturated heterocycles. The highest BCUT2D eigenvalue weighted by Crippen LogP contribution is 2.33. The minimum atomic E-state index is 0.642. The van der Waals surface area contributed by atoms with Crippen LogP contribution in [0.25, 0.3) is 0 Å². The van der Waals surface area contributed by atoms with Gasteiger partial charge in [-0.05, 0) is 77.3 Å². The topological polar surface area (TPSA) is 35.2 Å². The number of hydrogen-bond acceptors (Lipinski definition) is 2. The van der Waals surface area contributed by atoms with E-state index in [0.717, 1.165) is 28.0 Å². The highest BCUT2D eigenvalue weighted by molar-refractivity contribution is 9.10. The van der Waals surface area contributed by atoms with Gasteiger partial charge in [-0.3, -0.25) is 0 Å². The molecule has 2 aromatic carbocycles. The van der Waals surface area contributed by atoms with Crippen LogP contribution in [-0.2, 0) is 6.42 Å². The van der Waals surface area contributed by atoms with Gasteiger partial charge < -0.3 is 10.5 Å². The van der Waals surface area contributed by atoms with Gasteiger partial charge in [-0.25, -0.2) is 0 Å². The molecule has 0 aliphatic heterocycles. The third-order valence-electron chi connectivity index (χ3n) is 2.79. The first-order chi connectivity index (χ1) is 9.10. The number of aryl methyl sites for hydroxylation is 1. The Hall–Kier alpha value is -1.03. The second-order valence-electron chi connectivity index (χ2n) is 4.32. The number of hydrogen-bond donors (Lipinski definition) is 1. The minimum Gasteiger partial charge on any atom is -0.456 e. The van der Waals surface area contributed by atoms with Crippen molar-refractivity contribution in [2.24, 2.45) is 5.73 Å². The molecule has 0 atom stereocenters. The van der Waals surface area contributed by atoms with Crippen LogP contribution in [0.4, 0.5) is 0 Å². The van der Waals surface area contributed by atoms with E-state index in [0.29, 0.717) is 11.6 Å². The Morgan fingerprint density at radius 1 is 1.16 bits per heavy atom. The molecule has 0 fully saturated rings. The smallest absolute Gasteiger partial charge is 0.141 e. The van der Waals surface area contributed by atoms with Gasteiger partial charge in [0, 0.05) is 5.02 Å². The lowest BCUT2D eigenvalue weighted by Crippen LogP contribution is -2.02. The molecule has 19 heavy (non-hydrogen) atoms. The fraction of sp³-hybridized carbons (Fsp3) is 0.200. The molecule has 0 unspecified atom stereocenters. The minimum absolute atomic E-state index is 0.642. The Balaban J connectivity index is 2.23. The summed E-state index contributed by atoms with van der Waals surface area (Å²) < 4.78 is 6.82. The molecule has 0 aromatic heterocycles. The van der Waals surface area contributed by atoms with Crippen LogP contribution in [0.15, 0.2) is 40.9 Å². The molecule has 0 saturated carbocycles. The van der Waals surface area contributed by atoms with E-state index in [-0.39, 0.29) is 0 Å². The highest BCUT2D eigenvalue weighted by atomic mass is 79.9. The van der Waals surface area contributed by atoms with Crippen molar-refractivity contribution in [2.75, 3.05) is 6.54 Å². The monoisotopic (exact) mass is 339 g/mol. The van der Waals surface area contributed by atoms with E-state index in [1.54, 1.807) is 0 Å². The second-order valence-corrected chi connectivity index (χ2v) is 5.61. The van der Waals surface area contributed by atoms with E-state index >= 15 is 0 Å². The molecule has 0 radical (unpaired) electrons. The van der Waals surface area contributed by atoms with E-state index in [2.05, 4.69) is 15.9 Å². The van der Waals surface area contributed by atoms with Crippen molar-refractivity contribution in [1.82, 2.24) is 0 Å². The van der Waals surface area contributed by atoms with Crippen molar-refractivity contribution in [3.05, 3.63) is 57.0 Å². The summed E-state index contributed by atoms with van der Waals surface area (Å²) in [7, 11) is 0. The molecule has 2 aromatic rings. The zero-order valence-electron chi connectivity index (χ0n) is 10.6. The van der Waals surface area contributed by atoms with Gasteiger partial charge in [0.1, 0.15) is 11.5 Å². The standard InChI is InChI=1S/C15H15BrClNO/c1-10-8-12(17)3-5-14(10)19-15-4-2-11(6-7-18)9-13(15)16/h2-5,8-9H,6-7,18H2,1H3. The maximum atomic E-state index is 5.93. The van der Waals surface area contributed by atoms with Gasteiger partial charge in [-0.15, -0.1) is 0 Å². The Morgan fingerprint density at radius 2 is 1.89 bits per heavy atom. The lowest BCUT2D eigenvalue weighted by atomic mass is 10.1. The summed E-state index contributed by atoms with van der Waals surface area (Å²) in [6.45, 7) is 2.61. The van der Waals surface area contributed by atoms with Crippen molar-refractivity contribution < 1.29 is 4.74 Å². The van der Waals surface area contributed by atoms with Gasteiger partial charge in [0.05, 0.1) is 4.47 Å². The molecule has 2 nitrogen and oxygen atoms in total. The Kier molecular flexibility index (Phi) is 4.86. The number of benzene rings is 2. The predicted octanol–water partition coefficient (Wildman–Crippen LogP) is 4.70. The van der Waals surface area contributed by atoms with Crippen LogP contribution >= 0.6 is 27.5 Å². The van der Waals surface area contributed by atoms with Crippen LogP contribution in [-0.4, -0.2) is 6.54 Å². The summed E-state index contributed by atoms with van der Waals surface area (Å²) in [6, 6.07) is 11.6. The summed E-state index contributed by atoms with van der Waals surface area (Å²) in [6.07, 6.45) is 0.860. The van der Waals surface area contributed by atoms with E-state index < -0.39 is 0 Å². The maximum Gasteiger partial charge on any atom is 0.141 e. The van der Waals surface area contributed by atoms with E-state index in [1.165, 1.54) is 5.56 Å². The zero-order chi connectivity index (χ0) is 13.8. The Morgan fingerprint density at radius 3 is 2.53 bits per heavy atom. The average Bonchev–Trinajstić information content (AvgIpc) is 2.36. The van der Waals surface area contributed by atoms with Crippen molar-refractivity contribution in [1.29, 1.82) is 0 Å². The third kappa shape index (κ3) is 3.72. The van der Waals surface area contributed by atoms with Crippen LogP contribution in [0, 0.1) is 6.92 Å². The van der Waals surface area contributed by atoms with Crippen LogP contribution in [0.2, 0.25) is 5.02 Å². The number of rotatable bonds is 4. The molecular weight excluding hydrogens is 326 g/mol. The lowest BCUT2D eigenvalue weighted by Gasteiger charge is -2.11. The second kappa shape index (κ2) is 6.42. The number of ether oxygens (including phenoxy) is 1. The SMILES string of the molecule is Cc1cc(Cl)ccc1Oc1ccc(CCN)cc1Br. The number of nitrogens with two attached hydrogens (primary N) is 1. The van der Waals surface area contributed by atoms with Gasteiger partial charge in [-0.1, -0.05) is 17.7 Å². The molecule has 0 bridgehead atoms. The van der Waals surface area contributed by atoms with E-state index in [1.807, 2.05) is 43.3 Å². The lowest BCUT2D eigenvalue weighted by molar-refractivity contribution is 0.475. The van der Waals surface area contributed by atoms with E-state index in [4.69, 9.17) is 22.1 Å².